The number of H-pyrrole nitrogens is 1. The normalized spacial score (nSPS) is 22.5. The number of aliphatic hydroxyl groups excluding tert-OH is 1. The van der Waals surface area contributed by atoms with Gasteiger partial charge >= 0.3 is 0 Å². The molecular weight excluding hydrogens is 378 g/mol. The first-order valence-electron chi connectivity index (χ1n) is 10.3. The van der Waals surface area contributed by atoms with E-state index < -0.39 is 11.6 Å². The summed E-state index contributed by atoms with van der Waals surface area (Å²) >= 11 is 0. The number of likely N-dealkylation sites (N-methyl/N-ethyl adjacent to an activating group) is 1. The summed E-state index contributed by atoms with van der Waals surface area (Å²) in [5, 5.41) is 12.2. The SMILES string of the molecule is COc1ccc2[nH]c(=O)c(CN3CC[C@@](c4ccccc4)(N(C)C)[C@H](O)C3)cc2c1. The Balaban J connectivity index is 1.58. The lowest BCUT2D eigenvalue weighted by atomic mass is 9.77. The van der Waals surface area contributed by atoms with Crippen LogP contribution < -0.4 is 10.3 Å². The van der Waals surface area contributed by atoms with Gasteiger partial charge in [-0.05, 0) is 50.3 Å². The molecule has 158 valence electrons. The Hall–Kier alpha value is -2.67. The maximum absolute atomic E-state index is 12.6. The predicted octanol–water partition coefficient (Wildman–Crippen LogP) is 2.56. The van der Waals surface area contributed by atoms with Crippen molar-refractivity contribution in [3.8, 4) is 5.75 Å². The molecule has 2 N–H and O–H groups in total. The van der Waals surface area contributed by atoms with E-state index in [9.17, 15) is 9.90 Å². The minimum absolute atomic E-state index is 0.0883. The molecule has 30 heavy (non-hydrogen) atoms. The summed E-state index contributed by atoms with van der Waals surface area (Å²) in [7, 11) is 5.67. The van der Waals surface area contributed by atoms with E-state index in [0.29, 0.717) is 18.7 Å². The maximum Gasteiger partial charge on any atom is 0.252 e. The zero-order valence-corrected chi connectivity index (χ0v) is 17.8. The molecule has 2 aromatic carbocycles. The molecule has 1 aliphatic rings. The van der Waals surface area contributed by atoms with E-state index in [-0.39, 0.29) is 5.56 Å². The summed E-state index contributed by atoms with van der Waals surface area (Å²) in [4.78, 5) is 19.9. The fourth-order valence-corrected chi connectivity index (χ4v) is 4.68. The third kappa shape index (κ3) is 3.62. The Labute approximate surface area is 176 Å². The molecule has 3 aromatic rings. The summed E-state index contributed by atoms with van der Waals surface area (Å²) < 4.78 is 5.30. The van der Waals surface area contributed by atoms with Crippen molar-refractivity contribution in [2.75, 3.05) is 34.3 Å². The topological polar surface area (TPSA) is 68.8 Å². The van der Waals surface area contributed by atoms with Crippen LogP contribution in [-0.2, 0) is 12.1 Å². The van der Waals surface area contributed by atoms with Gasteiger partial charge in [-0.15, -0.1) is 0 Å². The number of piperidine rings is 1. The van der Waals surface area contributed by atoms with Gasteiger partial charge in [0.25, 0.3) is 5.56 Å². The summed E-state index contributed by atoms with van der Waals surface area (Å²) in [6, 6.07) is 17.7. The summed E-state index contributed by atoms with van der Waals surface area (Å²) in [6.07, 6.45) is 0.216. The van der Waals surface area contributed by atoms with Crippen LogP contribution in [0.4, 0.5) is 0 Å². The van der Waals surface area contributed by atoms with E-state index in [1.165, 1.54) is 0 Å². The Morgan fingerprint density at radius 2 is 1.97 bits per heavy atom. The Morgan fingerprint density at radius 1 is 1.20 bits per heavy atom. The zero-order valence-electron chi connectivity index (χ0n) is 17.8. The first-order chi connectivity index (χ1) is 14.4. The van der Waals surface area contributed by atoms with Gasteiger partial charge < -0.3 is 14.8 Å². The van der Waals surface area contributed by atoms with Crippen molar-refractivity contribution >= 4 is 10.9 Å². The average Bonchev–Trinajstić information content (AvgIpc) is 2.74. The molecular formula is C24H29N3O3. The highest BCUT2D eigenvalue weighted by molar-refractivity contribution is 5.80. The fourth-order valence-electron chi connectivity index (χ4n) is 4.68. The van der Waals surface area contributed by atoms with Crippen LogP contribution in [0.1, 0.15) is 17.5 Å². The minimum atomic E-state index is -0.566. The lowest BCUT2D eigenvalue weighted by Gasteiger charge is -2.50. The number of aromatic amines is 1. The van der Waals surface area contributed by atoms with Gasteiger partial charge in [-0.3, -0.25) is 14.6 Å². The smallest absolute Gasteiger partial charge is 0.252 e. The fraction of sp³-hybridized carbons (Fsp3) is 0.375. The van der Waals surface area contributed by atoms with Crippen molar-refractivity contribution in [1.82, 2.24) is 14.8 Å². The molecule has 0 amide bonds. The van der Waals surface area contributed by atoms with Crippen LogP contribution in [0.3, 0.4) is 0 Å². The highest BCUT2D eigenvalue weighted by atomic mass is 16.5. The molecule has 6 nitrogen and oxygen atoms in total. The highest BCUT2D eigenvalue weighted by Gasteiger charge is 2.45. The monoisotopic (exact) mass is 407 g/mol. The number of methoxy groups -OCH3 is 1. The van der Waals surface area contributed by atoms with Gasteiger partial charge in [0.05, 0.1) is 18.8 Å². The second-order valence-electron chi connectivity index (χ2n) is 8.26. The van der Waals surface area contributed by atoms with Gasteiger partial charge in [-0.25, -0.2) is 0 Å². The van der Waals surface area contributed by atoms with E-state index >= 15 is 0 Å². The van der Waals surface area contributed by atoms with Crippen molar-refractivity contribution < 1.29 is 9.84 Å². The molecule has 1 aromatic heterocycles. The Kier molecular flexibility index (Phi) is 5.64. The largest absolute Gasteiger partial charge is 0.497 e. The van der Waals surface area contributed by atoms with E-state index in [0.717, 1.165) is 35.2 Å². The summed E-state index contributed by atoms with van der Waals surface area (Å²) in [6.45, 7) is 1.79. The lowest BCUT2D eigenvalue weighted by Crippen LogP contribution is -2.59. The number of β-amino-alcohol motifs (C(OH)–C–C–N with tert-alkyl or cyclic N) is 1. The second kappa shape index (κ2) is 8.22. The first kappa shape index (κ1) is 20.6. The van der Waals surface area contributed by atoms with Gasteiger partial charge in [0.1, 0.15) is 5.75 Å². The summed E-state index contributed by atoms with van der Waals surface area (Å²) in [5.41, 5.74) is 2.09. The van der Waals surface area contributed by atoms with Crippen LogP contribution in [0.2, 0.25) is 0 Å². The third-order valence-corrected chi connectivity index (χ3v) is 6.39. The number of hydrogen-bond donors (Lipinski definition) is 2. The van der Waals surface area contributed by atoms with E-state index in [2.05, 4.69) is 26.9 Å². The van der Waals surface area contributed by atoms with Crippen LogP contribution in [0, 0.1) is 0 Å². The van der Waals surface area contributed by atoms with Crippen LogP contribution in [0.15, 0.2) is 59.4 Å². The molecule has 0 saturated carbocycles. The van der Waals surface area contributed by atoms with Crippen molar-refractivity contribution in [3.63, 3.8) is 0 Å². The molecule has 4 rings (SSSR count). The Morgan fingerprint density at radius 3 is 2.63 bits per heavy atom. The minimum Gasteiger partial charge on any atom is -0.497 e. The number of hydrogen-bond acceptors (Lipinski definition) is 5. The zero-order chi connectivity index (χ0) is 21.3. The molecule has 1 fully saturated rings. The average molecular weight is 408 g/mol. The van der Waals surface area contributed by atoms with Crippen LogP contribution in [0.25, 0.3) is 10.9 Å². The molecule has 1 aliphatic heterocycles. The number of likely N-dealkylation sites (tertiary alicyclic amines) is 1. The molecule has 6 heteroatoms. The number of pyridine rings is 1. The number of rotatable bonds is 5. The van der Waals surface area contributed by atoms with Gasteiger partial charge in [0, 0.05) is 36.1 Å². The molecule has 0 bridgehead atoms. The Bertz CT molecular complexity index is 1080. The van der Waals surface area contributed by atoms with E-state index in [4.69, 9.17) is 4.74 Å². The van der Waals surface area contributed by atoms with Gasteiger partial charge in [0.15, 0.2) is 0 Å². The molecule has 2 heterocycles. The molecule has 0 aliphatic carbocycles. The van der Waals surface area contributed by atoms with Gasteiger partial charge in [-0.2, -0.15) is 0 Å². The quantitative estimate of drug-likeness (QED) is 0.680. The predicted molar refractivity (Wildman–Crippen MR) is 119 cm³/mol. The number of nitrogens with zero attached hydrogens (tertiary/aromatic N) is 2. The number of ether oxygens (including phenoxy) is 1. The summed E-state index contributed by atoms with van der Waals surface area (Å²) in [5.74, 6) is 0.757. The van der Waals surface area contributed by atoms with Crippen molar-refractivity contribution in [2.24, 2.45) is 0 Å². The molecule has 0 unspecified atom stereocenters. The number of aliphatic hydroxyl groups is 1. The van der Waals surface area contributed by atoms with Gasteiger partial charge in [-0.1, -0.05) is 30.3 Å². The third-order valence-electron chi connectivity index (χ3n) is 6.39. The maximum atomic E-state index is 12.6. The number of aromatic nitrogens is 1. The number of benzene rings is 2. The first-order valence-corrected chi connectivity index (χ1v) is 10.3. The van der Waals surface area contributed by atoms with Crippen molar-refractivity contribution in [3.05, 3.63) is 76.1 Å². The second-order valence-corrected chi connectivity index (χ2v) is 8.26. The lowest BCUT2D eigenvalue weighted by molar-refractivity contribution is -0.0703. The van der Waals surface area contributed by atoms with Crippen LogP contribution in [0.5, 0.6) is 5.75 Å². The van der Waals surface area contributed by atoms with Crippen molar-refractivity contribution in [1.29, 1.82) is 0 Å². The number of fused-ring (bicyclic) bond motifs is 1. The van der Waals surface area contributed by atoms with Crippen LogP contribution >= 0.6 is 0 Å². The van der Waals surface area contributed by atoms with E-state index in [1.54, 1.807) is 7.11 Å². The van der Waals surface area contributed by atoms with Gasteiger partial charge in [0.2, 0.25) is 0 Å². The standard InChI is InChI=1S/C24H29N3O3/c1-26(2)24(19-7-5-4-6-8-19)11-12-27(16-22(24)28)15-18-13-17-14-20(30-3)9-10-21(17)25-23(18)29/h4-10,13-14,22,28H,11-12,15-16H2,1-3H3,(H,25,29)/t22-,24+/m1/s1. The molecule has 2 atom stereocenters. The van der Waals surface area contributed by atoms with E-state index in [1.807, 2.05) is 56.6 Å². The molecule has 1 saturated heterocycles. The van der Waals surface area contributed by atoms with Crippen LogP contribution in [-0.4, -0.2) is 60.3 Å². The van der Waals surface area contributed by atoms with Crippen molar-refractivity contribution in [2.45, 2.75) is 24.6 Å². The number of nitrogens with one attached hydrogen (secondary N) is 1. The molecule has 0 spiro atoms. The highest BCUT2D eigenvalue weighted by Crippen LogP contribution is 2.37. The molecule has 0 radical (unpaired) electrons.